The highest BCUT2D eigenvalue weighted by molar-refractivity contribution is 6.31. The zero-order chi connectivity index (χ0) is 29.9. The highest BCUT2D eigenvalue weighted by Crippen LogP contribution is 2.35. The van der Waals surface area contributed by atoms with Gasteiger partial charge in [-0.1, -0.05) is 49.7 Å². The van der Waals surface area contributed by atoms with Crippen LogP contribution in [-0.4, -0.2) is 41.2 Å². The Labute approximate surface area is 240 Å². The number of benzene rings is 3. The second-order valence-electron chi connectivity index (χ2n) is 10.5. The zero-order valence-corrected chi connectivity index (χ0v) is 23.7. The molecule has 3 aromatic carbocycles. The Bertz CT molecular complexity index is 1550. The normalized spacial score (nSPS) is 12.8. The van der Waals surface area contributed by atoms with Crippen LogP contribution in [0.2, 0.25) is 5.02 Å². The Hall–Kier alpha value is -3.80. The molecule has 0 saturated carbocycles. The maximum atomic E-state index is 13.6. The fraction of sp³-hybridized carbons (Fsp3) is 0.310. The van der Waals surface area contributed by atoms with Crippen LogP contribution in [0.25, 0.3) is 11.0 Å². The van der Waals surface area contributed by atoms with Gasteiger partial charge in [0.15, 0.2) is 6.23 Å². The Morgan fingerprint density at radius 2 is 1.88 bits per heavy atom. The molecule has 0 spiro atoms. The molecule has 12 heteroatoms. The first-order valence-corrected chi connectivity index (χ1v) is 13.1. The van der Waals surface area contributed by atoms with Gasteiger partial charge in [-0.2, -0.15) is 13.2 Å². The van der Waals surface area contributed by atoms with Crippen molar-refractivity contribution in [1.82, 2.24) is 9.97 Å². The summed E-state index contributed by atoms with van der Waals surface area (Å²) >= 11 is 6.22. The van der Waals surface area contributed by atoms with Gasteiger partial charge in [0, 0.05) is 41.0 Å². The van der Waals surface area contributed by atoms with Crippen molar-refractivity contribution in [3.63, 3.8) is 0 Å². The van der Waals surface area contributed by atoms with E-state index >= 15 is 0 Å². The molecular formula is C29H31ClF3N5O3. The quantitative estimate of drug-likeness (QED) is 0.128. The lowest BCUT2D eigenvalue weighted by molar-refractivity contribution is -0.139. The van der Waals surface area contributed by atoms with Gasteiger partial charge in [0.2, 0.25) is 5.95 Å². The molecule has 0 aliphatic carbocycles. The minimum absolute atomic E-state index is 0.126. The van der Waals surface area contributed by atoms with E-state index in [4.69, 9.17) is 16.3 Å². The highest BCUT2D eigenvalue weighted by Gasteiger charge is 2.34. The lowest BCUT2D eigenvalue weighted by atomic mass is 9.95. The van der Waals surface area contributed by atoms with Crippen LogP contribution in [0, 0.1) is 12.3 Å². The number of anilines is 3. The minimum atomic E-state index is -4.66. The van der Waals surface area contributed by atoms with Crippen LogP contribution in [0.1, 0.15) is 47.1 Å². The van der Waals surface area contributed by atoms with Crippen molar-refractivity contribution in [2.75, 3.05) is 36.2 Å². The number of nitrogens with zero attached hydrogens (tertiary/aromatic N) is 1. The van der Waals surface area contributed by atoms with Gasteiger partial charge in [0.1, 0.15) is 5.52 Å². The van der Waals surface area contributed by atoms with Crippen molar-refractivity contribution in [2.45, 2.75) is 33.2 Å². The van der Waals surface area contributed by atoms with Crippen LogP contribution in [0.15, 0.2) is 54.6 Å². The first-order chi connectivity index (χ1) is 19.3. The topological polar surface area (TPSA) is 111 Å². The third kappa shape index (κ3) is 7.10. The van der Waals surface area contributed by atoms with Crippen LogP contribution in [0.4, 0.5) is 30.5 Å². The number of aromatic amines is 1. The average Bonchev–Trinajstić information content (AvgIpc) is 3.32. The largest absolute Gasteiger partial charge is 0.416 e. The van der Waals surface area contributed by atoms with Crippen molar-refractivity contribution >= 4 is 45.9 Å². The molecule has 0 aliphatic rings. The molecule has 0 fully saturated rings. The number of H-pyrrole nitrogens is 1. The molecular weight excluding hydrogens is 559 g/mol. The average molecular weight is 590 g/mol. The van der Waals surface area contributed by atoms with Gasteiger partial charge in [-0.15, -0.1) is 0 Å². The van der Waals surface area contributed by atoms with E-state index < -0.39 is 23.9 Å². The Morgan fingerprint density at radius 1 is 1.15 bits per heavy atom. The van der Waals surface area contributed by atoms with Crippen LogP contribution < -0.4 is 16.0 Å². The number of fused-ring (bicyclic) bond motifs is 1. The highest BCUT2D eigenvalue weighted by atomic mass is 35.5. The summed E-state index contributed by atoms with van der Waals surface area (Å²) in [5, 5.41) is 20.0. The molecule has 5 N–H and O–H groups in total. The number of aliphatic hydroxyl groups excluding tert-OH is 1. The molecule has 1 unspecified atom stereocenters. The molecule has 4 aromatic rings. The number of ether oxygens (including phenoxy) is 1. The Kier molecular flexibility index (Phi) is 8.81. The monoisotopic (exact) mass is 589 g/mol. The van der Waals surface area contributed by atoms with Gasteiger partial charge < -0.3 is 30.8 Å². The molecule has 8 nitrogen and oxygen atoms in total. The number of halogens is 4. The summed E-state index contributed by atoms with van der Waals surface area (Å²) in [5.74, 6) is -0.135. The fourth-order valence-electron chi connectivity index (χ4n) is 4.38. The van der Waals surface area contributed by atoms with Crippen molar-refractivity contribution in [2.24, 2.45) is 5.41 Å². The summed E-state index contributed by atoms with van der Waals surface area (Å²) in [6.07, 6.45) is -6.38. The van der Waals surface area contributed by atoms with Gasteiger partial charge in [-0.3, -0.25) is 4.79 Å². The summed E-state index contributed by atoms with van der Waals surface area (Å²) < 4.78 is 46.0. The third-order valence-electron chi connectivity index (χ3n) is 6.48. The fourth-order valence-corrected chi connectivity index (χ4v) is 4.56. The molecule has 1 amide bonds. The van der Waals surface area contributed by atoms with E-state index in [2.05, 4.69) is 25.9 Å². The molecule has 4 rings (SSSR count). The first kappa shape index (κ1) is 30.2. The number of hydrogen-bond donors (Lipinski definition) is 5. The van der Waals surface area contributed by atoms with Gasteiger partial charge in [-0.25, -0.2) is 4.98 Å². The summed E-state index contributed by atoms with van der Waals surface area (Å²) in [6, 6.07) is 12.8. The van der Waals surface area contributed by atoms with Crippen LogP contribution >= 0.6 is 11.6 Å². The smallest absolute Gasteiger partial charge is 0.384 e. The molecule has 0 bridgehead atoms. The summed E-state index contributed by atoms with van der Waals surface area (Å²) in [4.78, 5) is 21.2. The van der Waals surface area contributed by atoms with Crippen molar-refractivity contribution < 1.29 is 27.8 Å². The zero-order valence-electron chi connectivity index (χ0n) is 22.9. The predicted molar refractivity (Wildman–Crippen MR) is 154 cm³/mol. The lowest BCUT2D eigenvalue weighted by Crippen LogP contribution is -2.28. The molecule has 41 heavy (non-hydrogen) atoms. The second kappa shape index (κ2) is 12.0. The molecule has 1 atom stereocenters. The van der Waals surface area contributed by atoms with Crippen molar-refractivity contribution in [3.8, 4) is 0 Å². The van der Waals surface area contributed by atoms with Gasteiger partial charge in [0.05, 0.1) is 23.3 Å². The van der Waals surface area contributed by atoms with E-state index in [1.807, 2.05) is 13.8 Å². The molecule has 1 aromatic heterocycles. The maximum absolute atomic E-state index is 13.6. The standard InChI is InChI=1S/C29H31ClF3N5O3/c1-16-21(30)10-7-11-22(16)36-26(40)19-12-17(35-25(39)18-8-5-6-9-20(18)29(31,32)33)13-23-24(19)38-27(37-23)34-14-28(2,3)15-41-4/h5-13,25,35,39H,14-15H2,1-4H3,(H,36,40)(H2,34,37,38). The van der Waals surface area contributed by atoms with E-state index in [9.17, 15) is 23.1 Å². The number of rotatable bonds is 10. The minimum Gasteiger partial charge on any atom is -0.384 e. The summed E-state index contributed by atoms with van der Waals surface area (Å²) in [6.45, 7) is 6.79. The maximum Gasteiger partial charge on any atom is 0.416 e. The number of aromatic nitrogens is 2. The lowest BCUT2D eigenvalue weighted by Gasteiger charge is -2.23. The number of aliphatic hydroxyl groups is 1. The number of amides is 1. The number of methoxy groups -OCH3 is 1. The second-order valence-corrected chi connectivity index (χ2v) is 10.9. The number of alkyl halides is 3. The molecule has 0 saturated heterocycles. The summed E-state index contributed by atoms with van der Waals surface area (Å²) in [5.41, 5.74) is 0.679. The van der Waals surface area contributed by atoms with E-state index in [0.717, 1.165) is 6.07 Å². The predicted octanol–water partition coefficient (Wildman–Crippen LogP) is 6.98. The molecule has 1 heterocycles. The van der Waals surface area contributed by atoms with E-state index in [1.54, 1.807) is 38.3 Å². The SMILES string of the molecule is COCC(C)(C)CNc1nc2c(C(=O)Nc3cccc(Cl)c3C)cc(NC(O)c3ccccc3C(F)(F)F)cc2[nH]1. The Morgan fingerprint density at radius 3 is 2.59 bits per heavy atom. The number of carbonyl (C=O) groups excluding carboxylic acids is 1. The van der Waals surface area contributed by atoms with E-state index in [-0.39, 0.29) is 22.2 Å². The number of imidazole rings is 1. The van der Waals surface area contributed by atoms with Gasteiger partial charge in [0.25, 0.3) is 5.91 Å². The summed E-state index contributed by atoms with van der Waals surface area (Å²) in [7, 11) is 1.62. The van der Waals surface area contributed by atoms with Gasteiger partial charge in [-0.05, 0) is 42.8 Å². The number of hydrogen-bond acceptors (Lipinski definition) is 6. The van der Waals surface area contributed by atoms with Crippen LogP contribution in [-0.2, 0) is 10.9 Å². The number of carbonyl (C=O) groups is 1. The molecule has 0 aliphatic heterocycles. The molecule has 218 valence electrons. The van der Waals surface area contributed by atoms with Crippen molar-refractivity contribution in [3.05, 3.63) is 81.9 Å². The van der Waals surface area contributed by atoms with Gasteiger partial charge >= 0.3 is 6.18 Å². The van der Waals surface area contributed by atoms with Crippen molar-refractivity contribution in [1.29, 1.82) is 0 Å². The van der Waals surface area contributed by atoms with E-state index in [1.165, 1.54) is 24.3 Å². The molecule has 0 radical (unpaired) electrons. The van der Waals surface area contributed by atoms with Crippen LogP contribution in [0.5, 0.6) is 0 Å². The third-order valence-corrected chi connectivity index (χ3v) is 6.89. The van der Waals surface area contributed by atoms with E-state index in [0.29, 0.717) is 46.4 Å². The first-order valence-electron chi connectivity index (χ1n) is 12.7. The van der Waals surface area contributed by atoms with Crippen LogP contribution in [0.3, 0.4) is 0 Å². The Balaban J connectivity index is 1.72. The number of nitrogens with one attached hydrogen (secondary N) is 4.